The zero-order valence-corrected chi connectivity index (χ0v) is 12.5. The van der Waals surface area contributed by atoms with E-state index in [1.54, 1.807) is 12.1 Å². The Morgan fingerprint density at radius 2 is 1.95 bits per heavy atom. The minimum atomic E-state index is -0.478. The van der Waals surface area contributed by atoms with Crippen LogP contribution in [0.4, 0.5) is 10.1 Å². The Morgan fingerprint density at radius 3 is 2.62 bits per heavy atom. The van der Waals surface area contributed by atoms with E-state index in [4.69, 9.17) is 11.6 Å². The molecule has 1 N–H and O–H groups in total. The first-order valence-electron chi connectivity index (χ1n) is 6.47. The number of aryl methyl sites for hydroxylation is 2. The highest BCUT2D eigenvalue weighted by Gasteiger charge is 2.02. The van der Waals surface area contributed by atoms with Crippen LogP contribution < -0.4 is 5.32 Å². The average molecular weight is 304 g/mol. The summed E-state index contributed by atoms with van der Waals surface area (Å²) in [6.07, 6.45) is 2.98. The lowest BCUT2D eigenvalue weighted by atomic mass is 10.1. The number of hydrogen-bond donors (Lipinski definition) is 1. The third kappa shape index (κ3) is 4.17. The number of carbonyl (C=O) groups excluding carboxylic acids is 1. The minimum absolute atomic E-state index is 0.0342. The van der Waals surface area contributed by atoms with Crippen LogP contribution in [-0.2, 0) is 4.79 Å². The second-order valence-electron chi connectivity index (χ2n) is 4.81. The Morgan fingerprint density at radius 1 is 1.19 bits per heavy atom. The molecule has 0 heterocycles. The highest BCUT2D eigenvalue weighted by molar-refractivity contribution is 6.30. The van der Waals surface area contributed by atoms with Crippen molar-refractivity contribution in [3.8, 4) is 0 Å². The van der Waals surface area contributed by atoms with Crippen molar-refractivity contribution in [3.63, 3.8) is 0 Å². The van der Waals surface area contributed by atoms with Gasteiger partial charge < -0.3 is 5.32 Å². The number of hydrogen-bond acceptors (Lipinski definition) is 1. The summed E-state index contributed by atoms with van der Waals surface area (Å²) in [7, 11) is 0. The third-order valence-corrected chi connectivity index (χ3v) is 3.30. The molecule has 21 heavy (non-hydrogen) atoms. The molecule has 0 bridgehead atoms. The number of nitrogens with one attached hydrogen (secondary N) is 1. The highest BCUT2D eigenvalue weighted by Crippen LogP contribution is 2.18. The van der Waals surface area contributed by atoms with Crippen molar-refractivity contribution in [1.82, 2.24) is 0 Å². The van der Waals surface area contributed by atoms with Gasteiger partial charge in [-0.25, -0.2) is 4.39 Å². The van der Waals surface area contributed by atoms with E-state index in [2.05, 4.69) is 5.32 Å². The maximum atomic E-state index is 13.0. The molecular formula is C17H15ClFNO. The lowest BCUT2D eigenvalue weighted by molar-refractivity contribution is -0.111. The van der Waals surface area contributed by atoms with E-state index in [0.717, 1.165) is 16.8 Å². The van der Waals surface area contributed by atoms with Crippen molar-refractivity contribution in [2.75, 3.05) is 5.32 Å². The van der Waals surface area contributed by atoms with Crippen LogP contribution in [0.15, 0.2) is 42.5 Å². The molecule has 2 aromatic rings. The summed E-state index contributed by atoms with van der Waals surface area (Å²) in [5, 5.41) is 2.84. The molecule has 0 spiro atoms. The predicted molar refractivity (Wildman–Crippen MR) is 85.0 cm³/mol. The minimum Gasteiger partial charge on any atom is -0.322 e. The normalized spacial score (nSPS) is 10.9. The first kappa shape index (κ1) is 15.3. The Hall–Kier alpha value is -2.13. The van der Waals surface area contributed by atoms with Crippen LogP contribution in [0.5, 0.6) is 0 Å². The van der Waals surface area contributed by atoms with Crippen molar-refractivity contribution < 1.29 is 9.18 Å². The second-order valence-corrected chi connectivity index (χ2v) is 5.22. The van der Waals surface area contributed by atoms with Gasteiger partial charge in [-0.2, -0.15) is 0 Å². The van der Waals surface area contributed by atoms with Crippen molar-refractivity contribution in [1.29, 1.82) is 0 Å². The van der Waals surface area contributed by atoms with Crippen LogP contribution in [0.3, 0.4) is 0 Å². The predicted octanol–water partition coefficient (Wildman–Crippen LogP) is 4.75. The van der Waals surface area contributed by atoms with E-state index in [1.165, 1.54) is 18.2 Å². The van der Waals surface area contributed by atoms with E-state index in [1.807, 2.05) is 32.0 Å². The molecule has 0 atom stereocenters. The zero-order chi connectivity index (χ0) is 15.4. The van der Waals surface area contributed by atoms with Crippen LogP contribution in [-0.4, -0.2) is 5.91 Å². The van der Waals surface area contributed by atoms with Gasteiger partial charge in [-0.1, -0.05) is 35.4 Å². The Bertz CT molecular complexity index is 710. The number of benzene rings is 2. The van der Waals surface area contributed by atoms with E-state index in [-0.39, 0.29) is 10.9 Å². The van der Waals surface area contributed by atoms with Crippen LogP contribution in [0.25, 0.3) is 6.08 Å². The van der Waals surface area contributed by atoms with Gasteiger partial charge >= 0.3 is 0 Å². The van der Waals surface area contributed by atoms with Gasteiger partial charge in [0.1, 0.15) is 5.82 Å². The molecule has 0 radical (unpaired) electrons. The fourth-order valence-electron chi connectivity index (χ4n) is 1.92. The Kier molecular flexibility index (Phi) is 4.76. The second kappa shape index (κ2) is 6.55. The van der Waals surface area contributed by atoms with Crippen LogP contribution >= 0.6 is 11.6 Å². The lowest BCUT2D eigenvalue weighted by Crippen LogP contribution is -2.08. The molecule has 0 aliphatic heterocycles. The molecule has 0 unspecified atom stereocenters. The Balaban J connectivity index is 2.07. The summed E-state index contributed by atoms with van der Waals surface area (Å²) in [4.78, 5) is 11.9. The Labute approximate surface area is 128 Å². The number of halogens is 2. The van der Waals surface area contributed by atoms with Crippen molar-refractivity contribution >= 4 is 29.3 Å². The van der Waals surface area contributed by atoms with Crippen LogP contribution in [0.1, 0.15) is 16.7 Å². The lowest BCUT2D eigenvalue weighted by Gasteiger charge is -2.07. The molecule has 0 aromatic heterocycles. The molecule has 0 aliphatic carbocycles. The third-order valence-electron chi connectivity index (χ3n) is 3.01. The molecular weight excluding hydrogens is 289 g/mol. The molecule has 108 valence electrons. The van der Waals surface area contributed by atoms with E-state index in [0.29, 0.717) is 5.56 Å². The summed E-state index contributed by atoms with van der Waals surface area (Å²) in [6.45, 7) is 3.93. The number of rotatable bonds is 3. The smallest absolute Gasteiger partial charge is 0.248 e. The van der Waals surface area contributed by atoms with Crippen molar-refractivity contribution in [2.45, 2.75) is 13.8 Å². The quantitative estimate of drug-likeness (QED) is 0.815. The average Bonchev–Trinajstić information content (AvgIpc) is 2.43. The summed E-state index contributed by atoms with van der Waals surface area (Å²) in [5.74, 6) is -0.726. The monoisotopic (exact) mass is 303 g/mol. The van der Waals surface area contributed by atoms with Crippen LogP contribution in [0.2, 0.25) is 5.02 Å². The standard InChI is InChI=1S/C17H15ClFNO/c1-11-3-7-16(12(2)9-11)20-17(21)8-5-13-4-6-15(19)14(18)10-13/h3-10H,1-2H3,(H,20,21)/b8-5+. The first-order chi connectivity index (χ1) is 9.95. The van der Waals surface area contributed by atoms with Gasteiger partial charge in [-0.05, 0) is 49.2 Å². The fourth-order valence-corrected chi connectivity index (χ4v) is 2.11. The number of anilines is 1. The van der Waals surface area contributed by atoms with Gasteiger partial charge in [0.15, 0.2) is 0 Å². The molecule has 2 nitrogen and oxygen atoms in total. The van der Waals surface area contributed by atoms with Gasteiger partial charge in [0, 0.05) is 11.8 Å². The van der Waals surface area contributed by atoms with Gasteiger partial charge in [0.2, 0.25) is 5.91 Å². The maximum Gasteiger partial charge on any atom is 0.248 e. The molecule has 0 fully saturated rings. The maximum absolute atomic E-state index is 13.0. The molecule has 0 aliphatic rings. The van der Waals surface area contributed by atoms with E-state index < -0.39 is 5.82 Å². The number of carbonyl (C=O) groups is 1. The summed E-state index contributed by atoms with van der Waals surface area (Å²) >= 11 is 5.69. The molecule has 2 aromatic carbocycles. The SMILES string of the molecule is Cc1ccc(NC(=O)/C=C/c2ccc(F)c(Cl)c2)c(C)c1. The molecule has 0 saturated heterocycles. The molecule has 2 rings (SSSR count). The molecule has 4 heteroatoms. The van der Waals surface area contributed by atoms with Gasteiger partial charge in [0.05, 0.1) is 5.02 Å². The van der Waals surface area contributed by atoms with E-state index in [9.17, 15) is 9.18 Å². The van der Waals surface area contributed by atoms with Crippen molar-refractivity contribution in [2.24, 2.45) is 0 Å². The van der Waals surface area contributed by atoms with E-state index >= 15 is 0 Å². The van der Waals surface area contributed by atoms with Gasteiger partial charge in [0.25, 0.3) is 0 Å². The first-order valence-corrected chi connectivity index (χ1v) is 6.85. The van der Waals surface area contributed by atoms with Crippen molar-refractivity contribution in [3.05, 3.63) is 70.0 Å². The highest BCUT2D eigenvalue weighted by atomic mass is 35.5. The van der Waals surface area contributed by atoms with Gasteiger partial charge in [-0.15, -0.1) is 0 Å². The summed E-state index contributed by atoms with van der Waals surface area (Å²) < 4.78 is 13.0. The van der Waals surface area contributed by atoms with Gasteiger partial charge in [-0.3, -0.25) is 4.79 Å². The topological polar surface area (TPSA) is 29.1 Å². The number of amides is 1. The summed E-state index contributed by atoms with van der Waals surface area (Å²) in [6, 6.07) is 10.1. The van der Waals surface area contributed by atoms with Crippen LogP contribution in [0, 0.1) is 19.7 Å². The molecule has 1 amide bonds. The largest absolute Gasteiger partial charge is 0.322 e. The molecule has 0 saturated carbocycles. The zero-order valence-electron chi connectivity index (χ0n) is 11.8. The fraction of sp³-hybridized carbons (Fsp3) is 0.118. The summed E-state index contributed by atoms with van der Waals surface area (Å²) in [5.41, 5.74) is 3.58.